The van der Waals surface area contributed by atoms with Crippen LogP contribution in [-0.4, -0.2) is 95.9 Å². The third-order valence-corrected chi connectivity index (χ3v) is 6.28. The van der Waals surface area contributed by atoms with Gasteiger partial charge in [0.15, 0.2) is 5.01 Å². The number of hydrogen-bond donors (Lipinski definition) is 3. The number of nitrogens with zero attached hydrogens (tertiary/aromatic N) is 5. The molecular weight excluding hydrogens is 456 g/mol. The minimum Gasteiger partial charge on any atom is -0.388 e. The van der Waals surface area contributed by atoms with Crippen molar-refractivity contribution in [1.29, 1.82) is 0 Å². The van der Waals surface area contributed by atoms with Gasteiger partial charge in [0, 0.05) is 37.8 Å². The molecule has 12 heteroatoms. The Morgan fingerprint density at radius 1 is 1.21 bits per heavy atom. The van der Waals surface area contributed by atoms with Crippen LogP contribution in [0.1, 0.15) is 49.3 Å². The van der Waals surface area contributed by atoms with E-state index in [1.54, 1.807) is 30.3 Å². The van der Waals surface area contributed by atoms with Gasteiger partial charge in [0.25, 0.3) is 0 Å². The number of nitrogens with one attached hydrogen (secondary N) is 1. The van der Waals surface area contributed by atoms with E-state index in [1.165, 1.54) is 11.3 Å². The summed E-state index contributed by atoms with van der Waals surface area (Å²) in [6.45, 7) is 5.49. The Balaban J connectivity index is 1.96. The lowest BCUT2D eigenvalue weighted by Crippen LogP contribution is -2.58. The molecule has 2 atom stereocenters. The van der Waals surface area contributed by atoms with E-state index >= 15 is 0 Å². The van der Waals surface area contributed by atoms with Crippen LogP contribution in [0.3, 0.4) is 0 Å². The molecule has 1 aromatic heterocycles. The van der Waals surface area contributed by atoms with Crippen molar-refractivity contribution in [3.05, 3.63) is 16.6 Å². The molecule has 2 heterocycles. The summed E-state index contributed by atoms with van der Waals surface area (Å²) in [5, 5.41) is 4.87. The Hall–Kier alpha value is -2.86. The Bertz CT molecular complexity index is 879. The van der Waals surface area contributed by atoms with E-state index in [0.717, 1.165) is 6.42 Å². The van der Waals surface area contributed by atoms with Gasteiger partial charge >= 0.3 is 0 Å². The van der Waals surface area contributed by atoms with Gasteiger partial charge in [-0.25, -0.2) is 4.98 Å². The van der Waals surface area contributed by atoms with Crippen LogP contribution in [0.5, 0.6) is 0 Å². The van der Waals surface area contributed by atoms with Crippen LogP contribution in [0, 0.1) is 0 Å². The fourth-order valence-corrected chi connectivity index (χ4v) is 4.34. The fourth-order valence-electron chi connectivity index (χ4n) is 3.71. The van der Waals surface area contributed by atoms with Crippen molar-refractivity contribution >= 4 is 40.6 Å². The van der Waals surface area contributed by atoms with E-state index in [0.29, 0.717) is 62.1 Å². The smallest absolute Gasteiger partial charge is 0.240 e. The summed E-state index contributed by atoms with van der Waals surface area (Å²) in [5.41, 5.74) is 11.1. The Kier molecular flexibility index (Phi) is 11.1. The first-order valence-electron chi connectivity index (χ1n) is 11.4. The Morgan fingerprint density at radius 2 is 1.88 bits per heavy atom. The summed E-state index contributed by atoms with van der Waals surface area (Å²) in [4.78, 5) is 54.7. The summed E-state index contributed by atoms with van der Waals surface area (Å²) < 4.78 is 0. The molecule has 34 heavy (non-hydrogen) atoms. The normalized spacial score (nSPS) is 18.7. The first kappa shape index (κ1) is 27.4. The maximum absolute atomic E-state index is 13.0. The molecule has 1 aromatic rings. The topological polar surface area (TPSA) is 159 Å². The monoisotopic (exact) mass is 492 g/mol. The first-order chi connectivity index (χ1) is 16.2. The van der Waals surface area contributed by atoms with Crippen molar-refractivity contribution in [3.8, 4) is 0 Å². The Morgan fingerprint density at radius 3 is 2.50 bits per heavy atom. The van der Waals surface area contributed by atoms with E-state index in [9.17, 15) is 14.4 Å². The standard InChI is InChI=1S/C22H36N8O3S/c1-15(23)25-8-4-6-17(20(32)21-27-10-13-34-21)28-19(31)14-30-12-11-29(3)18(22(30)33)7-5-9-26-16(2)24/h10,13,17-18H,4-9,11-12,14H2,1-3H3,(H2,23,25)(H2,24,26)(H,28,31). The van der Waals surface area contributed by atoms with Gasteiger partial charge in [-0.1, -0.05) is 0 Å². The molecule has 1 saturated heterocycles. The average Bonchev–Trinajstić information content (AvgIpc) is 3.31. The highest BCUT2D eigenvalue weighted by Gasteiger charge is 2.33. The molecule has 0 saturated carbocycles. The van der Waals surface area contributed by atoms with Crippen LogP contribution in [0.2, 0.25) is 0 Å². The number of ketones is 1. The number of nitrogens with two attached hydrogens (primary N) is 2. The van der Waals surface area contributed by atoms with E-state index in [-0.39, 0.29) is 30.2 Å². The molecule has 0 bridgehead atoms. The largest absolute Gasteiger partial charge is 0.388 e. The quantitative estimate of drug-likeness (QED) is 0.154. The van der Waals surface area contributed by atoms with Gasteiger partial charge in [-0.3, -0.25) is 29.3 Å². The van der Waals surface area contributed by atoms with Crippen LogP contribution < -0.4 is 16.8 Å². The van der Waals surface area contributed by atoms with Gasteiger partial charge in [-0.05, 0) is 46.6 Å². The number of hydrogen-bond acceptors (Lipinski definition) is 8. The van der Waals surface area contributed by atoms with Gasteiger partial charge < -0.3 is 21.7 Å². The lowest BCUT2D eigenvalue weighted by Gasteiger charge is -2.38. The van der Waals surface area contributed by atoms with Crippen molar-refractivity contribution in [2.75, 3.05) is 39.8 Å². The molecule has 2 amide bonds. The summed E-state index contributed by atoms with van der Waals surface area (Å²) in [7, 11) is 1.91. The second kappa shape index (κ2) is 13.8. The third-order valence-electron chi connectivity index (χ3n) is 5.49. The number of rotatable bonds is 13. The second-order valence-electron chi connectivity index (χ2n) is 8.41. The van der Waals surface area contributed by atoms with E-state index in [1.807, 2.05) is 11.9 Å². The highest BCUT2D eigenvalue weighted by Crippen LogP contribution is 2.15. The molecule has 188 valence electrons. The number of carbonyl (C=O) groups is 3. The average molecular weight is 493 g/mol. The van der Waals surface area contributed by atoms with Crippen molar-refractivity contribution in [2.24, 2.45) is 21.5 Å². The minimum absolute atomic E-state index is 0.0899. The van der Waals surface area contributed by atoms with Crippen LogP contribution in [0.15, 0.2) is 21.6 Å². The molecule has 2 unspecified atom stereocenters. The van der Waals surface area contributed by atoms with Crippen molar-refractivity contribution < 1.29 is 14.4 Å². The molecule has 1 aliphatic heterocycles. The molecule has 0 aromatic carbocycles. The first-order valence-corrected chi connectivity index (χ1v) is 12.3. The zero-order valence-corrected chi connectivity index (χ0v) is 21.0. The highest BCUT2D eigenvalue weighted by atomic mass is 32.1. The molecule has 2 rings (SSSR count). The molecule has 0 radical (unpaired) electrons. The van der Waals surface area contributed by atoms with Gasteiger partial charge in [-0.2, -0.15) is 0 Å². The summed E-state index contributed by atoms with van der Waals surface area (Å²) in [5.74, 6) is 0.296. The third kappa shape index (κ3) is 8.82. The molecule has 1 aliphatic rings. The number of Topliss-reactive ketones (excluding diaryl/α,β-unsaturated/α-hetero) is 1. The van der Waals surface area contributed by atoms with Gasteiger partial charge in [0.05, 0.1) is 30.3 Å². The van der Waals surface area contributed by atoms with Crippen LogP contribution in [0.25, 0.3) is 0 Å². The maximum atomic E-state index is 13.0. The number of carbonyl (C=O) groups excluding carboxylic acids is 3. The fraction of sp³-hybridized carbons (Fsp3) is 0.636. The molecule has 1 fully saturated rings. The summed E-state index contributed by atoms with van der Waals surface area (Å²) in [6, 6.07) is -1.04. The SMILES string of the molecule is CC(N)=NCCCC(NC(=O)CN1CCN(C)C(CCCN=C(C)N)C1=O)C(=O)c1nccs1. The van der Waals surface area contributed by atoms with Crippen molar-refractivity contribution in [3.63, 3.8) is 0 Å². The Labute approximate surface area is 204 Å². The lowest BCUT2D eigenvalue weighted by molar-refractivity contribution is -0.144. The van der Waals surface area contributed by atoms with Gasteiger partial charge in [0.1, 0.15) is 0 Å². The van der Waals surface area contributed by atoms with Gasteiger partial charge in [-0.15, -0.1) is 11.3 Å². The molecule has 11 nitrogen and oxygen atoms in total. The van der Waals surface area contributed by atoms with Crippen LogP contribution in [0.4, 0.5) is 0 Å². The molecule has 0 aliphatic carbocycles. The predicted molar refractivity (Wildman–Crippen MR) is 134 cm³/mol. The van der Waals surface area contributed by atoms with Crippen LogP contribution in [-0.2, 0) is 9.59 Å². The zero-order chi connectivity index (χ0) is 25.1. The molecule has 0 spiro atoms. The highest BCUT2D eigenvalue weighted by molar-refractivity contribution is 7.11. The summed E-state index contributed by atoms with van der Waals surface area (Å²) >= 11 is 1.23. The molecule has 5 N–H and O–H groups in total. The number of piperazine rings is 1. The zero-order valence-electron chi connectivity index (χ0n) is 20.2. The number of thiazole rings is 1. The number of amidine groups is 2. The van der Waals surface area contributed by atoms with Gasteiger partial charge in [0.2, 0.25) is 17.6 Å². The van der Waals surface area contributed by atoms with E-state index in [2.05, 4.69) is 20.3 Å². The van der Waals surface area contributed by atoms with E-state index < -0.39 is 6.04 Å². The number of aromatic nitrogens is 1. The number of amides is 2. The van der Waals surface area contributed by atoms with Crippen LogP contribution >= 0.6 is 11.3 Å². The van der Waals surface area contributed by atoms with Crippen molar-refractivity contribution in [1.82, 2.24) is 20.1 Å². The lowest BCUT2D eigenvalue weighted by atomic mass is 10.1. The van der Waals surface area contributed by atoms with E-state index in [4.69, 9.17) is 11.5 Å². The van der Waals surface area contributed by atoms with Crippen molar-refractivity contribution in [2.45, 2.75) is 51.6 Å². The number of aliphatic imine (C=N–C) groups is 2. The summed E-state index contributed by atoms with van der Waals surface area (Å²) in [6.07, 6.45) is 3.90. The maximum Gasteiger partial charge on any atom is 0.240 e. The molecular formula is C22H36N8O3S. The number of likely N-dealkylation sites (N-methyl/N-ethyl adjacent to an activating group) is 1. The second-order valence-corrected chi connectivity index (χ2v) is 9.30. The predicted octanol–water partition coefficient (Wildman–Crippen LogP) is 0.268. The minimum atomic E-state index is -0.734.